The lowest BCUT2D eigenvalue weighted by atomic mass is 10.2. The highest BCUT2D eigenvalue weighted by Gasteiger charge is 1.96. The van der Waals surface area contributed by atoms with Gasteiger partial charge in [0, 0.05) is 6.20 Å². The van der Waals surface area contributed by atoms with Gasteiger partial charge in [0.05, 0.1) is 18.8 Å². The van der Waals surface area contributed by atoms with Crippen LogP contribution in [0.2, 0.25) is 0 Å². The summed E-state index contributed by atoms with van der Waals surface area (Å²) < 4.78 is 0. The summed E-state index contributed by atoms with van der Waals surface area (Å²) in [5, 5.41) is 0. The van der Waals surface area contributed by atoms with Crippen molar-refractivity contribution in [3.63, 3.8) is 0 Å². The second-order valence-electron chi connectivity index (χ2n) is 3.52. The van der Waals surface area contributed by atoms with E-state index in [1.807, 2.05) is 6.92 Å². The number of rotatable bonds is 5. The molecule has 1 rings (SSSR count). The topological polar surface area (TPSA) is 49.9 Å². The molecule has 0 fully saturated rings. The van der Waals surface area contributed by atoms with Crippen molar-refractivity contribution in [1.82, 2.24) is 15.4 Å². The number of hydroxylamine groups is 1. The first-order chi connectivity index (χ1) is 6.18. The summed E-state index contributed by atoms with van der Waals surface area (Å²) >= 11 is 0. The quantitative estimate of drug-likeness (QED) is 0.536. The number of nitrogens with one attached hydrogen (secondary N) is 2. The van der Waals surface area contributed by atoms with E-state index in [1.165, 1.54) is 0 Å². The molecule has 0 aliphatic rings. The smallest absolute Gasteiger partial charge is 0.103 e. The van der Waals surface area contributed by atoms with Crippen molar-refractivity contribution in [1.29, 1.82) is 0 Å². The van der Waals surface area contributed by atoms with Crippen LogP contribution >= 0.6 is 0 Å². The molecule has 4 heteroatoms. The number of imidazole rings is 1. The first kappa shape index (κ1) is 10.2. The number of aromatic nitrogens is 2. The minimum absolute atomic E-state index is 0.552. The number of H-pyrrole nitrogens is 1. The molecule has 0 spiro atoms. The highest BCUT2D eigenvalue weighted by Crippen LogP contribution is 1.95. The van der Waals surface area contributed by atoms with Crippen LogP contribution in [0.4, 0.5) is 0 Å². The fourth-order valence-electron chi connectivity index (χ4n) is 0.916. The number of aromatic amines is 1. The maximum Gasteiger partial charge on any atom is 0.103 e. The average Bonchev–Trinajstić information content (AvgIpc) is 2.45. The molecule has 74 valence electrons. The normalized spacial score (nSPS) is 11.1. The molecule has 1 aromatic heterocycles. The van der Waals surface area contributed by atoms with E-state index in [9.17, 15) is 0 Å². The maximum atomic E-state index is 5.21. The Morgan fingerprint density at radius 2 is 2.38 bits per heavy atom. The average molecular weight is 183 g/mol. The summed E-state index contributed by atoms with van der Waals surface area (Å²) in [7, 11) is 0. The molecule has 0 aliphatic heterocycles. The van der Waals surface area contributed by atoms with Crippen LogP contribution < -0.4 is 5.48 Å². The van der Waals surface area contributed by atoms with Crippen molar-refractivity contribution >= 4 is 0 Å². The van der Waals surface area contributed by atoms with Gasteiger partial charge in [-0.25, -0.2) is 4.98 Å². The molecule has 1 heterocycles. The fraction of sp³-hybridized carbons (Fsp3) is 0.667. The molecule has 0 amide bonds. The van der Waals surface area contributed by atoms with Crippen LogP contribution in [0.3, 0.4) is 0 Å². The zero-order valence-corrected chi connectivity index (χ0v) is 8.42. The monoisotopic (exact) mass is 183 g/mol. The molecular formula is C9H17N3O. The van der Waals surface area contributed by atoms with Crippen LogP contribution in [0, 0.1) is 12.8 Å². The van der Waals surface area contributed by atoms with Crippen molar-refractivity contribution < 1.29 is 4.84 Å². The zero-order valence-electron chi connectivity index (χ0n) is 8.42. The van der Waals surface area contributed by atoms with E-state index in [2.05, 4.69) is 29.3 Å². The van der Waals surface area contributed by atoms with Crippen molar-refractivity contribution in [2.24, 2.45) is 5.92 Å². The van der Waals surface area contributed by atoms with Crippen molar-refractivity contribution in [3.05, 3.63) is 17.7 Å². The van der Waals surface area contributed by atoms with Crippen LogP contribution in [0.15, 0.2) is 6.20 Å². The molecule has 0 saturated carbocycles. The minimum atomic E-state index is 0.552. The molecule has 0 unspecified atom stereocenters. The van der Waals surface area contributed by atoms with Gasteiger partial charge < -0.3 is 9.82 Å². The molecule has 0 aromatic carbocycles. The number of hydrogen-bond donors (Lipinski definition) is 2. The molecule has 0 radical (unpaired) electrons. The third-order valence-electron chi connectivity index (χ3n) is 1.54. The van der Waals surface area contributed by atoms with E-state index >= 15 is 0 Å². The molecule has 1 aromatic rings. The highest BCUT2D eigenvalue weighted by molar-refractivity contribution is 4.98. The third-order valence-corrected chi connectivity index (χ3v) is 1.54. The zero-order chi connectivity index (χ0) is 9.68. The van der Waals surface area contributed by atoms with Gasteiger partial charge >= 0.3 is 0 Å². The summed E-state index contributed by atoms with van der Waals surface area (Å²) in [4.78, 5) is 12.4. The van der Waals surface area contributed by atoms with E-state index in [0.717, 1.165) is 18.1 Å². The largest absolute Gasteiger partial charge is 0.345 e. The Kier molecular flexibility index (Phi) is 3.92. The van der Waals surface area contributed by atoms with E-state index in [1.54, 1.807) is 6.20 Å². The summed E-state index contributed by atoms with van der Waals surface area (Å²) in [5.41, 5.74) is 3.92. The van der Waals surface area contributed by atoms with Crippen molar-refractivity contribution in [2.45, 2.75) is 27.3 Å². The van der Waals surface area contributed by atoms with Crippen molar-refractivity contribution in [3.8, 4) is 0 Å². The molecule has 0 aliphatic carbocycles. The standard InChI is InChI=1S/C9H17N3O/c1-7(2)6-13-11-5-9-4-10-8(3)12-9/h4,7,11H,5-6H2,1-3H3,(H,10,12). The van der Waals surface area contributed by atoms with Gasteiger partial charge in [0.1, 0.15) is 5.82 Å². The van der Waals surface area contributed by atoms with E-state index in [-0.39, 0.29) is 0 Å². The minimum Gasteiger partial charge on any atom is -0.345 e. The van der Waals surface area contributed by atoms with Gasteiger partial charge in [-0.15, -0.1) is 0 Å². The molecule has 13 heavy (non-hydrogen) atoms. The van der Waals surface area contributed by atoms with Crippen LogP contribution in [0.5, 0.6) is 0 Å². The summed E-state index contributed by atoms with van der Waals surface area (Å²) in [6.07, 6.45) is 1.81. The van der Waals surface area contributed by atoms with Gasteiger partial charge in [-0.2, -0.15) is 5.48 Å². The molecule has 0 atom stereocenters. The Morgan fingerprint density at radius 1 is 1.62 bits per heavy atom. The summed E-state index contributed by atoms with van der Waals surface area (Å²) in [6, 6.07) is 0. The lowest BCUT2D eigenvalue weighted by molar-refractivity contribution is 0.0191. The predicted molar refractivity (Wildman–Crippen MR) is 51.0 cm³/mol. The summed E-state index contributed by atoms with van der Waals surface area (Å²) in [5.74, 6) is 1.48. The van der Waals surface area contributed by atoms with Crippen LogP contribution in [-0.2, 0) is 11.4 Å². The predicted octanol–water partition coefficient (Wildman–Crippen LogP) is 1.40. The van der Waals surface area contributed by atoms with Gasteiger partial charge in [-0.3, -0.25) is 0 Å². The molecule has 4 nitrogen and oxygen atoms in total. The van der Waals surface area contributed by atoms with Gasteiger partial charge in [0.25, 0.3) is 0 Å². The number of aryl methyl sites for hydroxylation is 1. The Morgan fingerprint density at radius 3 is 2.92 bits per heavy atom. The van der Waals surface area contributed by atoms with Crippen LogP contribution in [0.25, 0.3) is 0 Å². The van der Waals surface area contributed by atoms with Gasteiger partial charge in [-0.1, -0.05) is 13.8 Å². The summed E-state index contributed by atoms with van der Waals surface area (Å²) in [6.45, 7) is 7.56. The second kappa shape index (κ2) is 4.99. The third kappa shape index (κ3) is 4.05. The molecule has 0 bridgehead atoms. The first-order valence-electron chi connectivity index (χ1n) is 4.53. The Hall–Kier alpha value is -0.870. The Balaban J connectivity index is 2.13. The van der Waals surface area contributed by atoms with Gasteiger partial charge in [-0.05, 0) is 12.8 Å². The van der Waals surface area contributed by atoms with E-state index in [4.69, 9.17) is 4.84 Å². The Bertz CT molecular complexity index is 245. The lowest BCUT2D eigenvalue weighted by Crippen LogP contribution is -2.17. The highest BCUT2D eigenvalue weighted by atomic mass is 16.6. The molecule has 0 saturated heterocycles. The van der Waals surface area contributed by atoms with Crippen LogP contribution in [0.1, 0.15) is 25.4 Å². The van der Waals surface area contributed by atoms with Crippen LogP contribution in [-0.4, -0.2) is 16.6 Å². The lowest BCUT2D eigenvalue weighted by Gasteiger charge is -2.06. The SMILES string of the molecule is Cc1ncc(CNOCC(C)C)[nH]1. The first-order valence-corrected chi connectivity index (χ1v) is 4.53. The maximum absolute atomic E-state index is 5.21. The van der Waals surface area contributed by atoms with E-state index < -0.39 is 0 Å². The van der Waals surface area contributed by atoms with Gasteiger partial charge in [0.2, 0.25) is 0 Å². The number of nitrogens with zero attached hydrogens (tertiary/aromatic N) is 1. The Labute approximate surface area is 78.7 Å². The van der Waals surface area contributed by atoms with Crippen molar-refractivity contribution in [2.75, 3.05) is 6.61 Å². The fourth-order valence-corrected chi connectivity index (χ4v) is 0.916. The number of hydrogen-bond acceptors (Lipinski definition) is 3. The molecular weight excluding hydrogens is 166 g/mol. The van der Waals surface area contributed by atoms with E-state index in [0.29, 0.717) is 12.5 Å². The second-order valence-corrected chi connectivity index (χ2v) is 3.52. The molecule has 2 N–H and O–H groups in total. The van der Waals surface area contributed by atoms with Gasteiger partial charge in [0.15, 0.2) is 0 Å².